The standard InChI is InChI=1S/C21H33N3O3/c1-16(2)20(26)23-10-6-8-18(14-23)13-22-21(27)24(11-12-25)15-19-9-5-4-7-17(19)3/h4-5,7,9,16,18,25H,6,8,10-15H2,1-3H3,(H,22,27)/t18-/m0/s1. The number of carbonyl (C=O) groups is 2. The molecule has 0 aliphatic carbocycles. The largest absolute Gasteiger partial charge is 0.395 e. The van der Waals surface area contributed by atoms with Gasteiger partial charge in [0.05, 0.1) is 6.61 Å². The molecule has 0 bridgehead atoms. The fourth-order valence-corrected chi connectivity index (χ4v) is 3.51. The highest BCUT2D eigenvalue weighted by Gasteiger charge is 2.26. The van der Waals surface area contributed by atoms with Gasteiger partial charge in [0.15, 0.2) is 0 Å². The van der Waals surface area contributed by atoms with Crippen LogP contribution in [0, 0.1) is 18.8 Å². The van der Waals surface area contributed by atoms with Crippen LogP contribution in [0.4, 0.5) is 4.79 Å². The molecule has 1 saturated heterocycles. The van der Waals surface area contributed by atoms with Crippen molar-refractivity contribution in [3.8, 4) is 0 Å². The van der Waals surface area contributed by atoms with E-state index in [4.69, 9.17) is 0 Å². The second kappa shape index (κ2) is 10.3. The van der Waals surface area contributed by atoms with Crippen LogP contribution in [0.15, 0.2) is 24.3 Å². The molecular formula is C21H33N3O3. The fourth-order valence-electron chi connectivity index (χ4n) is 3.51. The van der Waals surface area contributed by atoms with E-state index in [-0.39, 0.29) is 30.4 Å². The molecule has 1 fully saturated rings. The first-order valence-electron chi connectivity index (χ1n) is 9.89. The molecule has 150 valence electrons. The van der Waals surface area contributed by atoms with Crippen LogP contribution in [-0.2, 0) is 11.3 Å². The van der Waals surface area contributed by atoms with E-state index < -0.39 is 0 Å². The molecule has 1 aromatic carbocycles. The summed E-state index contributed by atoms with van der Waals surface area (Å²) in [6.45, 7) is 8.63. The summed E-state index contributed by atoms with van der Waals surface area (Å²) in [7, 11) is 0. The fraction of sp³-hybridized carbons (Fsp3) is 0.619. The van der Waals surface area contributed by atoms with Crippen molar-refractivity contribution in [3.63, 3.8) is 0 Å². The van der Waals surface area contributed by atoms with Crippen LogP contribution in [0.3, 0.4) is 0 Å². The Morgan fingerprint density at radius 3 is 2.74 bits per heavy atom. The molecule has 3 amide bonds. The Morgan fingerprint density at radius 1 is 1.33 bits per heavy atom. The van der Waals surface area contributed by atoms with Crippen LogP contribution in [-0.4, -0.2) is 59.6 Å². The predicted molar refractivity (Wildman–Crippen MR) is 106 cm³/mol. The lowest BCUT2D eigenvalue weighted by Gasteiger charge is -2.34. The van der Waals surface area contributed by atoms with Gasteiger partial charge in [0.25, 0.3) is 0 Å². The van der Waals surface area contributed by atoms with E-state index in [0.717, 1.165) is 30.5 Å². The highest BCUT2D eigenvalue weighted by molar-refractivity contribution is 5.78. The van der Waals surface area contributed by atoms with Crippen molar-refractivity contribution >= 4 is 11.9 Å². The SMILES string of the molecule is Cc1ccccc1CN(CCO)C(=O)NC[C@@H]1CCCN(C(=O)C(C)C)C1. The van der Waals surface area contributed by atoms with Crippen LogP contribution in [0.5, 0.6) is 0 Å². The molecule has 6 heteroatoms. The van der Waals surface area contributed by atoms with Gasteiger partial charge in [-0.3, -0.25) is 4.79 Å². The van der Waals surface area contributed by atoms with Crippen LogP contribution in [0.1, 0.15) is 37.8 Å². The van der Waals surface area contributed by atoms with Crippen LogP contribution in [0.25, 0.3) is 0 Å². The Morgan fingerprint density at radius 2 is 2.07 bits per heavy atom. The zero-order chi connectivity index (χ0) is 19.8. The molecule has 1 atom stereocenters. The first-order valence-corrected chi connectivity index (χ1v) is 9.89. The zero-order valence-electron chi connectivity index (χ0n) is 16.8. The maximum Gasteiger partial charge on any atom is 0.317 e. The van der Waals surface area contributed by atoms with Crippen molar-refractivity contribution in [1.29, 1.82) is 0 Å². The molecule has 1 aliphatic heterocycles. The maximum absolute atomic E-state index is 12.6. The minimum absolute atomic E-state index is 0.00694. The van der Waals surface area contributed by atoms with Crippen LogP contribution >= 0.6 is 0 Å². The number of aryl methyl sites for hydroxylation is 1. The Bertz CT molecular complexity index is 633. The second-order valence-electron chi connectivity index (χ2n) is 7.70. The molecule has 0 unspecified atom stereocenters. The van der Waals surface area contributed by atoms with Crippen LogP contribution < -0.4 is 5.32 Å². The number of aliphatic hydroxyl groups excluding tert-OH is 1. The van der Waals surface area contributed by atoms with Crippen molar-refractivity contribution in [1.82, 2.24) is 15.1 Å². The van der Waals surface area contributed by atoms with Gasteiger partial charge >= 0.3 is 6.03 Å². The van der Waals surface area contributed by atoms with E-state index in [1.165, 1.54) is 0 Å². The lowest BCUT2D eigenvalue weighted by Crippen LogP contribution is -2.47. The highest BCUT2D eigenvalue weighted by atomic mass is 16.3. The van der Waals surface area contributed by atoms with Gasteiger partial charge in [-0.1, -0.05) is 38.1 Å². The molecule has 2 rings (SSSR count). The summed E-state index contributed by atoms with van der Waals surface area (Å²) in [5.74, 6) is 0.472. The van der Waals surface area contributed by atoms with Gasteiger partial charge in [-0.2, -0.15) is 0 Å². The number of rotatable bonds is 7. The third kappa shape index (κ3) is 6.24. The number of amides is 3. The van der Waals surface area contributed by atoms with Crippen molar-refractivity contribution in [2.24, 2.45) is 11.8 Å². The normalized spacial score (nSPS) is 17.1. The number of carbonyl (C=O) groups excluding carboxylic acids is 2. The molecule has 1 aliphatic rings. The molecule has 0 aromatic heterocycles. The average molecular weight is 376 g/mol. The first kappa shape index (κ1) is 21.2. The van der Waals surface area contributed by atoms with Crippen molar-refractivity contribution < 1.29 is 14.7 Å². The second-order valence-corrected chi connectivity index (χ2v) is 7.70. The van der Waals surface area contributed by atoms with Gasteiger partial charge in [0, 0.05) is 38.6 Å². The maximum atomic E-state index is 12.6. The summed E-state index contributed by atoms with van der Waals surface area (Å²) in [6, 6.07) is 7.79. The average Bonchev–Trinajstić information content (AvgIpc) is 2.67. The van der Waals surface area contributed by atoms with Crippen LogP contribution in [0.2, 0.25) is 0 Å². The molecule has 2 N–H and O–H groups in total. The van der Waals surface area contributed by atoms with E-state index in [1.54, 1.807) is 4.90 Å². The van der Waals surface area contributed by atoms with Gasteiger partial charge in [-0.15, -0.1) is 0 Å². The van der Waals surface area contributed by atoms with Crippen molar-refractivity contribution in [2.75, 3.05) is 32.8 Å². The minimum atomic E-state index is -0.167. The molecule has 0 saturated carbocycles. The summed E-state index contributed by atoms with van der Waals surface area (Å²) in [5.41, 5.74) is 2.20. The van der Waals surface area contributed by atoms with E-state index >= 15 is 0 Å². The third-order valence-corrected chi connectivity index (χ3v) is 5.15. The number of hydrogen-bond donors (Lipinski definition) is 2. The van der Waals surface area contributed by atoms with E-state index in [1.807, 2.05) is 49.9 Å². The number of nitrogens with one attached hydrogen (secondary N) is 1. The molecule has 1 heterocycles. The number of piperidine rings is 1. The van der Waals surface area contributed by atoms with Gasteiger partial charge in [0.1, 0.15) is 0 Å². The molecule has 27 heavy (non-hydrogen) atoms. The Labute approximate surface area is 162 Å². The lowest BCUT2D eigenvalue weighted by atomic mass is 9.97. The van der Waals surface area contributed by atoms with Crippen molar-refractivity contribution in [2.45, 2.75) is 40.2 Å². The Kier molecular flexibility index (Phi) is 8.10. The van der Waals surface area contributed by atoms with Gasteiger partial charge in [-0.05, 0) is 36.8 Å². The summed E-state index contributed by atoms with van der Waals surface area (Å²) in [4.78, 5) is 28.4. The lowest BCUT2D eigenvalue weighted by molar-refractivity contribution is -0.136. The number of hydrogen-bond acceptors (Lipinski definition) is 3. The van der Waals surface area contributed by atoms with Gasteiger partial charge < -0.3 is 20.2 Å². The first-order chi connectivity index (χ1) is 12.9. The topological polar surface area (TPSA) is 72.9 Å². The molecule has 1 aromatic rings. The highest BCUT2D eigenvalue weighted by Crippen LogP contribution is 2.18. The Balaban J connectivity index is 1.89. The zero-order valence-corrected chi connectivity index (χ0v) is 16.8. The van der Waals surface area contributed by atoms with E-state index in [9.17, 15) is 14.7 Å². The molecule has 0 radical (unpaired) electrons. The quantitative estimate of drug-likeness (QED) is 0.769. The van der Waals surface area contributed by atoms with Crippen molar-refractivity contribution in [3.05, 3.63) is 35.4 Å². The number of likely N-dealkylation sites (tertiary alicyclic amines) is 1. The van der Waals surface area contributed by atoms with Gasteiger partial charge in [-0.25, -0.2) is 4.79 Å². The monoisotopic (exact) mass is 375 g/mol. The predicted octanol–water partition coefficient (Wildman–Crippen LogP) is 2.39. The summed E-state index contributed by atoms with van der Waals surface area (Å²) in [5, 5.41) is 12.3. The molecule has 0 spiro atoms. The number of aliphatic hydroxyl groups is 1. The number of benzene rings is 1. The summed E-state index contributed by atoms with van der Waals surface area (Å²) < 4.78 is 0. The minimum Gasteiger partial charge on any atom is -0.395 e. The van der Waals surface area contributed by atoms with Gasteiger partial charge in [0.2, 0.25) is 5.91 Å². The molecular weight excluding hydrogens is 342 g/mol. The third-order valence-electron chi connectivity index (χ3n) is 5.15. The Hall–Kier alpha value is -2.08. The summed E-state index contributed by atoms with van der Waals surface area (Å²) >= 11 is 0. The van der Waals surface area contributed by atoms with E-state index in [2.05, 4.69) is 5.32 Å². The van der Waals surface area contributed by atoms with E-state index in [0.29, 0.717) is 26.2 Å². The smallest absolute Gasteiger partial charge is 0.317 e. The number of nitrogens with zero attached hydrogens (tertiary/aromatic N) is 2. The summed E-state index contributed by atoms with van der Waals surface area (Å²) in [6.07, 6.45) is 1.99. The molecule has 6 nitrogen and oxygen atoms in total. The number of urea groups is 1.